The van der Waals surface area contributed by atoms with E-state index in [1.54, 1.807) is 17.3 Å². The SMILES string of the molecule is CCOc1ccc2ccccc2c1C(=O)N(Cc1cccnc1)c1nc2c(C)c(C)ccc2s1. The molecule has 0 aliphatic carbocycles. The lowest BCUT2D eigenvalue weighted by Gasteiger charge is -2.22. The Bertz CT molecular complexity index is 1490. The van der Waals surface area contributed by atoms with Crippen LogP contribution in [0.25, 0.3) is 21.0 Å². The number of carbonyl (C=O) groups excluding carboxylic acids is 1. The summed E-state index contributed by atoms with van der Waals surface area (Å²) < 4.78 is 6.98. The molecular weight excluding hydrogens is 442 g/mol. The van der Waals surface area contributed by atoms with Gasteiger partial charge in [0.25, 0.3) is 5.91 Å². The smallest absolute Gasteiger partial charge is 0.264 e. The van der Waals surface area contributed by atoms with Gasteiger partial charge in [-0.25, -0.2) is 4.98 Å². The Morgan fingerprint density at radius 2 is 1.88 bits per heavy atom. The quantitative estimate of drug-likeness (QED) is 0.279. The minimum atomic E-state index is -0.141. The predicted octanol–water partition coefficient (Wildman–Crippen LogP) is 6.71. The number of carbonyl (C=O) groups is 1. The molecule has 2 aromatic heterocycles. The van der Waals surface area contributed by atoms with E-state index >= 15 is 0 Å². The molecule has 0 bridgehead atoms. The summed E-state index contributed by atoms with van der Waals surface area (Å²) in [7, 11) is 0. The number of fused-ring (bicyclic) bond motifs is 2. The molecule has 0 spiro atoms. The highest BCUT2D eigenvalue weighted by Gasteiger charge is 2.27. The molecule has 34 heavy (non-hydrogen) atoms. The lowest BCUT2D eigenvalue weighted by Crippen LogP contribution is -2.31. The fourth-order valence-electron chi connectivity index (χ4n) is 4.11. The number of aromatic nitrogens is 2. The van der Waals surface area contributed by atoms with Crippen LogP contribution in [0.1, 0.15) is 34.0 Å². The van der Waals surface area contributed by atoms with Crippen molar-refractivity contribution in [3.05, 3.63) is 95.3 Å². The minimum absolute atomic E-state index is 0.141. The van der Waals surface area contributed by atoms with Crippen molar-refractivity contribution in [1.82, 2.24) is 9.97 Å². The van der Waals surface area contributed by atoms with Gasteiger partial charge < -0.3 is 4.74 Å². The third-order valence-electron chi connectivity index (χ3n) is 6.02. The number of ether oxygens (including phenoxy) is 1. The zero-order valence-corrected chi connectivity index (χ0v) is 20.2. The van der Waals surface area contributed by atoms with Crippen molar-refractivity contribution in [2.24, 2.45) is 0 Å². The van der Waals surface area contributed by atoms with Crippen LogP contribution in [0.2, 0.25) is 0 Å². The van der Waals surface area contributed by atoms with Crippen LogP contribution in [-0.2, 0) is 6.54 Å². The number of aryl methyl sites for hydroxylation is 2. The molecule has 1 amide bonds. The molecular formula is C28H25N3O2S. The van der Waals surface area contributed by atoms with Crippen molar-refractivity contribution in [2.45, 2.75) is 27.3 Å². The summed E-state index contributed by atoms with van der Waals surface area (Å²) in [6.07, 6.45) is 3.52. The van der Waals surface area contributed by atoms with E-state index in [0.717, 1.165) is 32.1 Å². The highest BCUT2D eigenvalue weighted by atomic mass is 32.1. The minimum Gasteiger partial charge on any atom is -0.493 e. The van der Waals surface area contributed by atoms with E-state index in [2.05, 4.69) is 31.0 Å². The Hall–Kier alpha value is -3.77. The molecule has 0 saturated carbocycles. The lowest BCUT2D eigenvalue weighted by atomic mass is 10.0. The van der Waals surface area contributed by atoms with Crippen LogP contribution >= 0.6 is 11.3 Å². The zero-order chi connectivity index (χ0) is 23.7. The summed E-state index contributed by atoms with van der Waals surface area (Å²) in [5.74, 6) is 0.438. The molecule has 3 aromatic carbocycles. The summed E-state index contributed by atoms with van der Waals surface area (Å²) in [6, 6.07) is 19.8. The second kappa shape index (κ2) is 9.23. The Labute approximate surface area is 202 Å². The van der Waals surface area contributed by atoms with Crippen molar-refractivity contribution in [3.63, 3.8) is 0 Å². The van der Waals surface area contributed by atoms with Gasteiger partial charge in [0, 0.05) is 12.4 Å². The van der Waals surface area contributed by atoms with E-state index < -0.39 is 0 Å². The van der Waals surface area contributed by atoms with Gasteiger partial charge in [0.1, 0.15) is 5.75 Å². The fraction of sp³-hybridized carbons (Fsp3) is 0.179. The molecule has 0 unspecified atom stereocenters. The monoisotopic (exact) mass is 467 g/mol. The van der Waals surface area contributed by atoms with Crippen molar-refractivity contribution < 1.29 is 9.53 Å². The van der Waals surface area contributed by atoms with E-state index in [9.17, 15) is 4.79 Å². The number of thiazole rings is 1. The molecule has 2 heterocycles. The van der Waals surface area contributed by atoms with Crippen LogP contribution in [0.4, 0.5) is 5.13 Å². The van der Waals surface area contributed by atoms with Crippen LogP contribution in [0.15, 0.2) is 73.1 Å². The van der Waals surface area contributed by atoms with Gasteiger partial charge >= 0.3 is 0 Å². The number of hydrogen-bond donors (Lipinski definition) is 0. The van der Waals surface area contributed by atoms with E-state index in [0.29, 0.717) is 29.6 Å². The van der Waals surface area contributed by atoms with Gasteiger partial charge in [-0.05, 0) is 66.4 Å². The molecule has 5 rings (SSSR count). The first kappa shape index (κ1) is 22.0. The maximum atomic E-state index is 14.3. The Kier molecular flexibility index (Phi) is 5.99. The number of anilines is 1. The molecule has 0 atom stereocenters. The molecule has 0 aliphatic rings. The van der Waals surface area contributed by atoms with Crippen LogP contribution in [0.3, 0.4) is 0 Å². The maximum Gasteiger partial charge on any atom is 0.264 e. The molecule has 5 nitrogen and oxygen atoms in total. The Morgan fingerprint density at radius 1 is 1.03 bits per heavy atom. The van der Waals surface area contributed by atoms with E-state index in [1.807, 2.05) is 55.5 Å². The molecule has 0 saturated heterocycles. The summed E-state index contributed by atoms with van der Waals surface area (Å²) in [6.45, 7) is 6.92. The largest absolute Gasteiger partial charge is 0.493 e. The standard InChI is InChI=1S/C28H25N3O2S/c1-4-33-23-13-12-21-9-5-6-10-22(21)25(23)27(32)31(17-20-8-7-15-29-16-20)28-30-26-19(3)18(2)11-14-24(26)34-28/h5-16H,4,17H2,1-3H3. The fourth-order valence-corrected chi connectivity index (χ4v) is 5.14. The van der Waals surface area contributed by atoms with Crippen LogP contribution in [0.5, 0.6) is 5.75 Å². The molecule has 0 fully saturated rings. The number of rotatable bonds is 6. The number of amides is 1. The van der Waals surface area contributed by atoms with Crippen molar-refractivity contribution in [3.8, 4) is 5.75 Å². The summed E-state index contributed by atoms with van der Waals surface area (Å²) >= 11 is 1.53. The highest BCUT2D eigenvalue weighted by molar-refractivity contribution is 7.22. The number of nitrogens with zero attached hydrogens (tertiary/aromatic N) is 3. The number of benzene rings is 3. The summed E-state index contributed by atoms with van der Waals surface area (Å²) in [4.78, 5) is 25.2. The van der Waals surface area contributed by atoms with Gasteiger partial charge in [-0.1, -0.05) is 53.8 Å². The second-order valence-electron chi connectivity index (χ2n) is 8.20. The number of hydrogen-bond acceptors (Lipinski definition) is 5. The molecule has 0 radical (unpaired) electrons. The molecule has 170 valence electrons. The van der Waals surface area contributed by atoms with E-state index in [-0.39, 0.29) is 5.91 Å². The average molecular weight is 468 g/mol. The van der Waals surface area contributed by atoms with Gasteiger partial charge in [0.15, 0.2) is 5.13 Å². The summed E-state index contributed by atoms with van der Waals surface area (Å²) in [5, 5.41) is 2.52. The predicted molar refractivity (Wildman–Crippen MR) is 139 cm³/mol. The first-order chi connectivity index (χ1) is 16.6. The van der Waals surface area contributed by atoms with Crippen LogP contribution in [0, 0.1) is 13.8 Å². The Morgan fingerprint density at radius 3 is 2.68 bits per heavy atom. The van der Waals surface area contributed by atoms with E-state index in [4.69, 9.17) is 9.72 Å². The van der Waals surface area contributed by atoms with Gasteiger partial charge in [0.2, 0.25) is 0 Å². The summed E-state index contributed by atoms with van der Waals surface area (Å²) in [5.41, 5.74) is 4.74. The molecule has 0 N–H and O–H groups in total. The van der Waals surface area contributed by atoms with Crippen LogP contribution in [-0.4, -0.2) is 22.5 Å². The van der Waals surface area contributed by atoms with Gasteiger partial charge in [-0.3, -0.25) is 14.7 Å². The second-order valence-corrected chi connectivity index (χ2v) is 9.21. The third kappa shape index (κ3) is 4.01. The Balaban J connectivity index is 1.69. The van der Waals surface area contributed by atoms with Crippen LogP contribution < -0.4 is 9.64 Å². The van der Waals surface area contributed by atoms with Crippen molar-refractivity contribution in [2.75, 3.05) is 11.5 Å². The van der Waals surface area contributed by atoms with E-state index in [1.165, 1.54) is 16.9 Å². The van der Waals surface area contributed by atoms with Crippen molar-refractivity contribution in [1.29, 1.82) is 0 Å². The van der Waals surface area contributed by atoms with Crippen molar-refractivity contribution >= 4 is 43.4 Å². The zero-order valence-electron chi connectivity index (χ0n) is 19.4. The average Bonchev–Trinajstić information content (AvgIpc) is 3.30. The first-order valence-electron chi connectivity index (χ1n) is 11.3. The number of pyridine rings is 1. The topological polar surface area (TPSA) is 55.3 Å². The highest BCUT2D eigenvalue weighted by Crippen LogP contribution is 2.36. The van der Waals surface area contributed by atoms with Gasteiger partial charge in [0.05, 0.1) is 28.9 Å². The maximum absolute atomic E-state index is 14.3. The normalized spacial score (nSPS) is 11.1. The van der Waals surface area contributed by atoms with Gasteiger partial charge in [-0.2, -0.15) is 0 Å². The molecule has 0 aliphatic heterocycles. The first-order valence-corrected chi connectivity index (χ1v) is 12.1. The lowest BCUT2D eigenvalue weighted by molar-refractivity contribution is 0.0983. The molecule has 6 heteroatoms. The third-order valence-corrected chi connectivity index (χ3v) is 7.06. The van der Waals surface area contributed by atoms with Gasteiger partial charge in [-0.15, -0.1) is 0 Å². The molecule has 5 aromatic rings.